The lowest BCUT2D eigenvalue weighted by Crippen LogP contribution is -2.43. The van der Waals surface area contributed by atoms with Gasteiger partial charge in [-0.05, 0) is 31.6 Å². The highest BCUT2D eigenvalue weighted by Crippen LogP contribution is 2.16. The van der Waals surface area contributed by atoms with Crippen molar-refractivity contribution in [2.45, 2.75) is 52.1 Å². The third-order valence-electron chi connectivity index (χ3n) is 4.30. The van der Waals surface area contributed by atoms with Crippen LogP contribution in [-0.2, 0) is 19.5 Å². The van der Waals surface area contributed by atoms with E-state index in [4.69, 9.17) is 5.73 Å². The molecule has 2 N–H and O–H groups in total. The fourth-order valence-electron chi connectivity index (χ4n) is 3.13. The molecule has 1 unspecified atom stereocenters. The maximum absolute atomic E-state index is 6.12. The lowest BCUT2D eigenvalue weighted by atomic mass is 10.0. The minimum atomic E-state index is 0.545. The minimum Gasteiger partial charge on any atom is -0.370 e. The van der Waals surface area contributed by atoms with Gasteiger partial charge < -0.3 is 15.2 Å². The number of aryl methyl sites for hydroxylation is 1. The predicted molar refractivity (Wildman–Crippen MR) is 78.3 cm³/mol. The lowest BCUT2D eigenvalue weighted by Gasteiger charge is -2.31. The molecule has 0 radical (unpaired) electrons. The molecule has 1 saturated heterocycles. The molecule has 6 nitrogen and oxygen atoms in total. The Morgan fingerprint density at radius 1 is 1.30 bits per heavy atom. The van der Waals surface area contributed by atoms with E-state index in [1.165, 1.54) is 25.7 Å². The number of piperidine rings is 1. The Hall–Kier alpha value is -1.59. The van der Waals surface area contributed by atoms with Crippen molar-refractivity contribution >= 4 is 5.96 Å². The van der Waals surface area contributed by atoms with Gasteiger partial charge in [0.25, 0.3) is 0 Å². The van der Waals surface area contributed by atoms with Gasteiger partial charge in [0.2, 0.25) is 0 Å². The molecule has 2 aliphatic heterocycles. The van der Waals surface area contributed by atoms with Crippen molar-refractivity contribution in [3.8, 4) is 0 Å². The summed E-state index contributed by atoms with van der Waals surface area (Å²) in [7, 11) is 0. The van der Waals surface area contributed by atoms with Crippen molar-refractivity contribution in [1.29, 1.82) is 0 Å². The van der Waals surface area contributed by atoms with Gasteiger partial charge >= 0.3 is 0 Å². The monoisotopic (exact) mass is 276 g/mol. The molecule has 3 rings (SSSR count). The standard InChI is InChI=1S/C14H24N6/c1-11-5-4-7-19(10-11)14(15)16-9-13-18-17-12-6-2-3-8-20(12)13/h11H,2-10H2,1H3,(H2,15,16). The maximum atomic E-state index is 6.12. The van der Waals surface area contributed by atoms with Gasteiger partial charge in [-0.1, -0.05) is 6.92 Å². The molecule has 0 aliphatic carbocycles. The summed E-state index contributed by atoms with van der Waals surface area (Å²) >= 11 is 0. The topological polar surface area (TPSA) is 72.3 Å². The highest BCUT2D eigenvalue weighted by molar-refractivity contribution is 5.78. The zero-order valence-corrected chi connectivity index (χ0v) is 12.3. The van der Waals surface area contributed by atoms with Crippen LogP contribution in [-0.4, -0.2) is 38.7 Å². The van der Waals surface area contributed by atoms with E-state index in [1.54, 1.807) is 0 Å². The van der Waals surface area contributed by atoms with Gasteiger partial charge in [0.15, 0.2) is 11.8 Å². The lowest BCUT2D eigenvalue weighted by molar-refractivity contribution is 0.270. The summed E-state index contributed by atoms with van der Waals surface area (Å²) in [6.45, 7) is 5.89. The molecule has 110 valence electrons. The number of hydrogen-bond donors (Lipinski definition) is 1. The van der Waals surface area contributed by atoms with Gasteiger partial charge in [0.1, 0.15) is 12.4 Å². The number of likely N-dealkylation sites (tertiary alicyclic amines) is 1. The van der Waals surface area contributed by atoms with Crippen molar-refractivity contribution < 1.29 is 0 Å². The molecular weight excluding hydrogens is 252 g/mol. The summed E-state index contributed by atoms with van der Waals surface area (Å²) in [4.78, 5) is 6.73. The molecule has 1 fully saturated rings. The molecule has 1 aromatic rings. The number of aliphatic imine (C=N–C) groups is 1. The average Bonchev–Trinajstić information content (AvgIpc) is 2.88. The zero-order valence-electron chi connectivity index (χ0n) is 12.3. The maximum Gasteiger partial charge on any atom is 0.191 e. The molecule has 3 heterocycles. The third-order valence-corrected chi connectivity index (χ3v) is 4.30. The first kappa shape index (κ1) is 13.4. The fraction of sp³-hybridized carbons (Fsp3) is 0.786. The third kappa shape index (κ3) is 2.78. The summed E-state index contributed by atoms with van der Waals surface area (Å²) in [5, 5.41) is 8.51. The molecule has 0 aromatic carbocycles. The summed E-state index contributed by atoms with van der Waals surface area (Å²) in [5.41, 5.74) is 6.12. The second-order valence-corrected chi connectivity index (χ2v) is 6.01. The van der Waals surface area contributed by atoms with Crippen LogP contribution in [0.4, 0.5) is 0 Å². The van der Waals surface area contributed by atoms with Crippen molar-refractivity contribution in [2.75, 3.05) is 13.1 Å². The van der Waals surface area contributed by atoms with Gasteiger partial charge in [-0.15, -0.1) is 10.2 Å². The highest BCUT2D eigenvalue weighted by atomic mass is 15.3. The van der Waals surface area contributed by atoms with Crippen molar-refractivity contribution in [3.63, 3.8) is 0 Å². The van der Waals surface area contributed by atoms with E-state index < -0.39 is 0 Å². The van der Waals surface area contributed by atoms with Crippen molar-refractivity contribution in [1.82, 2.24) is 19.7 Å². The second-order valence-electron chi connectivity index (χ2n) is 6.01. The van der Waals surface area contributed by atoms with Gasteiger partial charge in [-0.2, -0.15) is 0 Å². The van der Waals surface area contributed by atoms with Gasteiger partial charge in [-0.3, -0.25) is 0 Å². The second kappa shape index (κ2) is 5.81. The number of fused-ring (bicyclic) bond motifs is 1. The molecule has 0 amide bonds. The van der Waals surface area contributed by atoms with Crippen LogP contribution in [0.1, 0.15) is 44.3 Å². The van der Waals surface area contributed by atoms with E-state index in [1.807, 2.05) is 0 Å². The first-order valence-electron chi connectivity index (χ1n) is 7.70. The molecular formula is C14H24N6. The van der Waals surface area contributed by atoms with Crippen LogP contribution in [0.3, 0.4) is 0 Å². The number of hydrogen-bond acceptors (Lipinski definition) is 3. The summed E-state index contributed by atoms with van der Waals surface area (Å²) in [6.07, 6.45) is 5.96. The molecule has 20 heavy (non-hydrogen) atoms. The van der Waals surface area contributed by atoms with Gasteiger partial charge in [-0.25, -0.2) is 4.99 Å². The van der Waals surface area contributed by atoms with Gasteiger partial charge in [0, 0.05) is 26.1 Å². The van der Waals surface area contributed by atoms with E-state index in [0.717, 1.165) is 37.7 Å². The van der Waals surface area contributed by atoms with Crippen LogP contribution in [0.25, 0.3) is 0 Å². The highest BCUT2D eigenvalue weighted by Gasteiger charge is 2.19. The quantitative estimate of drug-likeness (QED) is 0.650. The Kier molecular flexibility index (Phi) is 3.89. The van der Waals surface area contributed by atoms with Crippen LogP contribution < -0.4 is 5.73 Å². The number of aromatic nitrogens is 3. The van der Waals surface area contributed by atoms with E-state index in [9.17, 15) is 0 Å². The fourth-order valence-corrected chi connectivity index (χ4v) is 3.13. The molecule has 0 spiro atoms. The number of guanidine groups is 1. The Balaban J connectivity index is 1.65. The molecule has 2 aliphatic rings. The number of nitrogens with two attached hydrogens (primary N) is 1. The molecule has 0 bridgehead atoms. The summed E-state index contributed by atoms with van der Waals surface area (Å²) < 4.78 is 2.21. The molecule has 1 aromatic heterocycles. The largest absolute Gasteiger partial charge is 0.370 e. The average molecular weight is 276 g/mol. The van der Waals surface area contributed by atoms with Crippen molar-refractivity contribution in [2.24, 2.45) is 16.6 Å². The van der Waals surface area contributed by atoms with Gasteiger partial charge in [0.05, 0.1) is 0 Å². The summed E-state index contributed by atoms with van der Waals surface area (Å²) in [5.74, 6) is 3.42. The first-order chi connectivity index (χ1) is 9.74. The first-order valence-corrected chi connectivity index (χ1v) is 7.70. The predicted octanol–water partition coefficient (Wildman–Crippen LogP) is 1.16. The van der Waals surface area contributed by atoms with Crippen molar-refractivity contribution in [3.05, 3.63) is 11.6 Å². The van der Waals surface area contributed by atoms with Crippen LogP contribution in [0.5, 0.6) is 0 Å². The van der Waals surface area contributed by atoms with Crippen LogP contribution in [0, 0.1) is 5.92 Å². The number of rotatable bonds is 2. The van der Waals surface area contributed by atoms with Crippen LogP contribution in [0.2, 0.25) is 0 Å². The van der Waals surface area contributed by atoms with Crippen LogP contribution in [0.15, 0.2) is 4.99 Å². The smallest absolute Gasteiger partial charge is 0.191 e. The Bertz CT molecular complexity index is 492. The molecule has 6 heteroatoms. The van der Waals surface area contributed by atoms with E-state index in [2.05, 4.69) is 31.6 Å². The van der Waals surface area contributed by atoms with Crippen LogP contribution >= 0.6 is 0 Å². The Morgan fingerprint density at radius 3 is 3.05 bits per heavy atom. The van der Waals surface area contributed by atoms with E-state index in [0.29, 0.717) is 18.4 Å². The van der Waals surface area contributed by atoms with E-state index in [-0.39, 0.29) is 0 Å². The minimum absolute atomic E-state index is 0.545. The number of nitrogens with zero attached hydrogens (tertiary/aromatic N) is 5. The summed E-state index contributed by atoms with van der Waals surface area (Å²) in [6, 6.07) is 0. The Morgan fingerprint density at radius 2 is 2.20 bits per heavy atom. The Labute approximate surface area is 120 Å². The molecule has 0 saturated carbocycles. The molecule has 1 atom stereocenters. The zero-order chi connectivity index (χ0) is 13.9. The normalized spacial score (nSPS) is 23.8. The van der Waals surface area contributed by atoms with E-state index >= 15 is 0 Å². The SMILES string of the molecule is CC1CCCN(C(N)=NCc2nnc3n2CCCC3)C1.